The molecule has 2 amide bonds. The van der Waals surface area contributed by atoms with Crippen LogP contribution in [0, 0.1) is 5.92 Å². The molecule has 0 aliphatic carbocycles. The number of aromatic nitrogens is 3. The number of carbonyl (C=O) groups is 2. The fourth-order valence-electron chi connectivity index (χ4n) is 2.25. The maximum absolute atomic E-state index is 11.8. The predicted octanol–water partition coefficient (Wildman–Crippen LogP) is 1.77. The van der Waals surface area contributed by atoms with Crippen molar-refractivity contribution in [1.82, 2.24) is 20.3 Å². The highest BCUT2D eigenvalue weighted by molar-refractivity contribution is 5.97. The Labute approximate surface area is 139 Å². The molecule has 2 aromatic heterocycles. The number of nitrogens with one attached hydrogen (secondary N) is 3. The van der Waals surface area contributed by atoms with Crippen molar-refractivity contribution in [3.63, 3.8) is 0 Å². The number of amides is 2. The second kappa shape index (κ2) is 6.78. The van der Waals surface area contributed by atoms with Crippen molar-refractivity contribution in [2.24, 2.45) is 5.92 Å². The number of hydrogen-bond acceptors (Lipinski definition) is 4. The van der Waals surface area contributed by atoms with Crippen LogP contribution in [-0.4, -0.2) is 33.3 Å². The molecule has 0 saturated carbocycles. The Kier molecular flexibility index (Phi) is 5.00. The molecule has 1 aliphatic rings. The third kappa shape index (κ3) is 3.50. The lowest BCUT2D eigenvalue weighted by Crippen LogP contribution is -2.31. The molecule has 0 saturated heterocycles. The van der Waals surface area contributed by atoms with E-state index in [1.165, 1.54) is 0 Å². The molecule has 0 radical (unpaired) electrons. The highest BCUT2D eigenvalue weighted by Gasteiger charge is 2.20. The Morgan fingerprint density at radius 1 is 1.39 bits per heavy atom. The van der Waals surface area contributed by atoms with Crippen LogP contribution >= 0.6 is 12.4 Å². The average Bonchev–Trinajstić information content (AvgIpc) is 2.93. The van der Waals surface area contributed by atoms with E-state index in [0.29, 0.717) is 17.8 Å². The molecule has 0 aromatic carbocycles. The SMILES string of the molecule is CC(C)C(=O)Nc1nccc(-c2cc3c([nH]2)CCNC3=O)n1.Cl. The second-order valence-electron chi connectivity index (χ2n) is 5.49. The maximum atomic E-state index is 11.8. The van der Waals surface area contributed by atoms with Gasteiger partial charge in [-0.05, 0) is 12.1 Å². The van der Waals surface area contributed by atoms with Crippen LogP contribution in [0.4, 0.5) is 5.95 Å². The van der Waals surface area contributed by atoms with Gasteiger partial charge >= 0.3 is 0 Å². The minimum Gasteiger partial charge on any atom is -0.356 e. The van der Waals surface area contributed by atoms with Crippen molar-refractivity contribution >= 4 is 30.2 Å². The molecule has 7 nitrogen and oxygen atoms in total. The lowest BCUT2D eigenvalue weighted by atomic mass is 10.1. The smallest absolute Gasteiger partial charge is 0.253 e. The Hall–Kier alpha value is -2.41. The topological polar surface area (TPSA) is 99.8 Å². The number of carbonyl (C=O) groups excluding carboxylic acids is 2. The van der Waals surface area contributed by atoms with Gasteiger partial charge in [-0.25, -0.2) is 9.97 Å². The first-order valence-electron chi connectivity index (χ1n) is 7.19. The number of hydrogen-bond donors (Lipinski definition) is 3. The zero-order valence-corrected chi connectivity index (χ0v) is 13.7. The lowest BCUT2D eigenvalue weighted by Gasteiger charge is -2.10. The number of rotatable bonds is 3. The van der Waals surface area contributed by atoms with Crippen molar-refractivity contribution in [2.45, 2.75) is 20.3 Å². The van der Waals surface area contributed by atoms with Crippen LogP contribution < -0.4 is 10.6 Å². The fourth-order valence-corrected chi connectivity index (χ4v) is 2.25. The lowest BCUT2D eigenvalue weighted by molar-refractivity contribution is -0.118. The van der Waals surface area contributed by atoms with Crippen molar-refractivity contribution < 1.29 is 9.59 Å². The van der Waals surface area contributed by atoms with Gasteiger partial charge in [0, 0.05) is 30.8 Å². The van der Waals surface area contributed by atoms with Gasteiger partial charge in [-0.3, -0.25) is 14.9 Å². The summed E-state index contributed by atoms with van der Waals surface area (Å²) in [4.78, 5) is 35.1. The summed E-state index contributed by atoms with van der Waals surface area (Å²) in [6.45, 7) is 4.24. The molecule has 1 aliphatic heterocycles. The molecule has 3 rings (SSSR count). The summed E-state index contributed by atoms with van der Waals surface area (Å²) in [6, 6.07) is 3.51. The van der Waals surface area contributed by atoms with Crippen molar-refractivity contribution in [3.05, 3.63) is 29.6 Å². The first kappa shape index (κ1) is 17.0. The van der Waals surface area contributed by atoms with Gasteiger partial charge in [0.1, 0.15) is 0 Å². The van der Waals surface area contributed by atoms with E-state index in [1.807, 2.05) is 0 Å². The number of anilines is 1. The summed E-state index contributed by atoms with van der Waals surface area (Å²) in [5.74, 6) is -0.101. The van der Waals surface area contributed by atoms with Crippen LogP contribution in [0.1, 0.15) is 29.9 Å². The van der Waals surface area contributed by atoms with Gasteiger partial charge in [-0.1, -0.05) is 13.8 Å². The molecular weight excluding hydrogens is 318 g/mol. The van der Waals surface area contributed by atoms with E-state index in [4.69, 9.17) is 0 Å². The Bertz CT molecular complexity index is 741. The minimum atomic E-state index is -0.145. The molecule has 0 atom stereocenters. The maximum Gasteiger partial charge on any atom is 0.253 e. The molecule has 0 bridgehead atoms. The number of nitrogens with zero attached hydrogens (tertiary/aromatic N) is 2. The monoisotopic (exact) mass is 335 g/mol. The second-order valence-corrected chi connectivity index (χ2v) is 5.49. The third-order valence-electron chi connectivity index (χ3n) is 3.50. The van der Waals surface area contributed by atoms with Crippen LogP contribution in [-0.2, 0) is 11.2 Å². The normalized spacial score (nSPS) is 13.1. The molecule has 0 spiro atoms. The Morgan fingerprint density at radius 2 is 2.17 bits per heavy atom. The largest absolute Gasteiger partial charge is 0.356 e. The number of aromatic amines is 1. The summed E-state index contributed by atoms with van der Waals surface area (Å²) < 4.78 is 0. The average molecular weight is 336 g/mol. The molecule has 3 N–H and O–H groups in total. The predicted molar refractivity (Wildman–Crippen MR) is 88.6 cm³/mol. The first-order valence-corrected chi connectivity index (χ1v) is 7.19. The molecule has 122 valence electrons. The summed E-state index contributed by atoms with van der Waals surface area (Å²) in [5.41, 5.74) is 2.93. The van der Waals surface area contributed by atoms with Crippen LogP contribution in [0.3, 0.4) is 0 Å². The molecule has 8 heteroatoms. The van der Waals surface area contributed by atoms with Gasteiger partial charge in [-0.2, -0.15) is 0 Å². The van der Waals surface area contributed by atoms with Crippen LogP contribution in [0.2, 0.25) is 0 Å². The molecule has 3 heterocycles. The zero-order valence-electron chi connectivity index (χ0n) is 12.8. The van der Waals surface area contributed by atoms with E-state index in [1.54, 1.807) is 32.2 Å². The fraction of sp³-hybridized carbons (Fsp3) is 0.333. The summed E-state index contributed by atoms with van der Waals surface area (Å²) >= 11 is 0. The number of H-pyrrole nitrogens is 1. The number of halogens is 1. The highest BCUT2D eigenvalue weighted by Crippen LogP contribution is 2.23. The van der Waals surface area contributed by atoms with E-state index in [9.17, 15) is 9.59 Å². The van der Waals surface area contributed by atoms with Gasteiger partial charge in [0.25, 0.3) is 5.91 Å². The Balaban J connectivity index is 0.00000192. The standard InChI is InChI=1S/C15H17N5O2.ClH/c1-8(2)13(21)20-15-17-6-4-11(19-15)12-7-9-10(18-12)3-5-16-14(9)22;/h4,6-8,18H,3,5H2,1-2H3,(H,16,22)(H,17,19,20,21);1H. The Morgan fingerprint density at radius 3 is 2.87 bits per heavy atom. The molecule has 0 unspecified atom stereocenters. The summed E-state index contributed by atoms with van der Waals surface area (Å²) in [6.07, 6.45) is 2.35. The summed E-state index contributed by atoms with van der Waals surface area (Å²) in [5, 5.41) is 5.47. The van der Waals surface area contributed by atoms with E-state index in [2.05, 4.69) is 25.6 Å². The van der Waals surface area contributed by atoms with E-state index >= 15 is 0 Å². The van der Waals surface area contributed by atoms with Crippen LogP contribution in [0.25, 0.3) is 11.4 Å². The molecule has 23 heavy (non-hydrogen) atoms. The van der Waals surface area contributed by atoms with Crippen LogP contribution in [0.15, 0.2) is 18.3 Å². The molecule has 2 aromatic rings. The van der Waals surface area contributed by atoms with Crippen molar-refractivity contribution in [2.75, 3.05) is 11.9 Å². The van der Waals surface area contributed by atoms with Gasteiger partial charge in [-0.15, -0.1) is 12.4 Å². The van der Waals surface area contributed by atoms with Crippen molar-refractivity contribution in [3.8, 4) is 11.4 Å². The van der Waals surface area contributed by atoms with E-state index in [0.717, 1.165) is 17.8 Å². The van der Waals surface area contributed by atoms with E-state index in [-0.39, 0.29) is 36.1 Å². The van der Waals surface area contributed by atoms with Gasteiger partial charge < -0.3 is 10.3 Å². The summed E-state index contributed by atoms with van der Waals surface area (Å²) in [7, 11) is 0. The number of fused-ring (bicyclic) bond motifs is 1. The van der Waals surface area contributed by atoms with Crippen molar-refractivity contribution in [1.29, 1.82) is 0 Å². The van der Waals surface area contributed by atoms with Crippen LogP contribution in [0.5, 0.6) is 0 Å². The quantitative estimate of drug-likeness (QED) is 0.796. The van der Waals surface area contributed by atoms with Gasteiger partial charge in [0.15, 0.2) is 0 Å². The van der Waals surface area contributed by atoms with Gasteiger partial charge in [0.2, 0.25) is 11.9 Å². The molecule has 0 fully saturated rings. The minimum absolute atomic E-state index is 0. The third-order valence-corrected chi connectivity index (χ3v) is 3.50. The highest BCUT2D eigenvalue weighted by atomic mass is 35.5. The molecular formula is C15H18ClN5O2. The first-order chi connectivity index (χ1) is 10.5. The van der Waals surface area contributed by atoms with E-state index < -0.39 is 0 Å². The zero-order chi connectivity index (χ0) is 15.7. The van der Waals surface area contributed by atoms with Gasteiger partial charge in [0.05, 0.1) is 17.0 Å².